The van der Waals surface area contributed by atoms with Crippen LogP contribution in [0, 0.1) is 0 Å². The van der Waals surface area contributed by atoms with Crippen molar-refractivity contribution < 1.29 is 10.2 Å². The van der Waals surface area contributed by atoms with Gasteiger partial charge in [0.05, 0.1) is 0 Å². The molecule has 0 radical (unpaired) electrons. The minimum atomic E-state index is 0.239. The fraction of sp³-hybridized carbons (Fsp3) is 0.0909. The average molecular weight is 206 g/mol. The Bertz CT molecular complexity index is 480. The van der Waals surface area contributed by atoms with Crippen molar-refractivity contribution in [2.24, 2.45) is 0 Å². The van der Waals surface area contributed by atoms with Gasteiger partial charge in [0.25, 0.3) is 0 Å². The summed E-state index contributed by atoms with van der Waals surface area (Å²) >= 11 is 0. The van der Waals surface area contributed by atoms with Gasteiger partial charge in [0, 0.05) is 16.1 Å². The van der Waals surface area contributed by atoms with E-state index in [9.17, 15) is 10.2 Å². The van der Waals surface area contributed by atoms with Crippen LogP contribution in [0.25, 0.3) is 10.8 Å². The summed E-state index contributed by atoms with van der Waals surface area (Å²) in [5.41, 5.74) is 0. The van der Waals surface area contributed by atoms with E-state index in [0.717, 1.165) is 10.7 Å². The van der Waals surface area contributed by atoms with Crippen LogP contribution in [-0.2, 0) is 0 Å². The number of benzene rings is 2. The predicted octanol–water partition coefficient (Wildman–Crippen LogP) is 2.18. The Kier molecular flexibility index (Phi) is 2.30. The zero-order valence-corrected chi connectivity index (χ0v) is 8.78. The first-order valence-electron chi connectivity index (χ1n) is 4.35. The van der Waals surface area contributed by atoms with Crippen molar-refractivity contribution in [1.82, 2.24) is 0 Å². The largest absolute Gasteiger partial charge is 0.507 e. The zero-order chi connectivity index (χ0) is 10.1. The molecule has 0 aliphatic heterocycles. The molecule has 14 heavy (non-hydrogen) atoms. The fourth-order valence-corrected chi connectivity index (χ4v) is 2.18. The molecule has 0 aromatic heterocycles. The quantitative estimate of drug-likeness (QED) is 0.554. The van der Waals surface area contributed by atoms with Crippen LogP contribution in [0.2, 0.25) is 0 Å². The van der Waals surface area contributed by atoms with Crippen molar-refractivity contribution in [3.8, 4) is 11.5 Å². The van der Waals surface area contributed by atoms with Gasteiger partial charge in [-0.25, -0.2) is 0 Å². The van der Waals surface area contributed by atoms with Crippen LogP contribution in [0.4, 0.5) is 0 Å². The van der Waals surface area contributed by atoms with Gasteiger partial charge in [0.1, 0.15) is 11.5 Å². The maximum atomic E-state index is 9.87. The van der Waals surface area contributed by atoms with Crippen molar-refractivity contribution in [1.29, 1.82) is 0 Å². The third-order valence-corrected chi connectivity index (χ3v) is 3.18. The minimum Gasteiger partial charge on any atom is -0.507 e. The van der Waals surface area contributed by atoms with E-state index in [0.29, 0.717) is 19.7 Å². The van der Waals surface area contributed by atoms with Crippen LogP contribution in [0.5, 0.6) is 11.5 Å². The highest BCUT2D eigenvalue weighted by molar-refractivity contribution is 7.46. The molecule has 0 aliphatic rings. The Labute approximate surface area is 84.0 Å². The summed E-state index contributed by atoms with van der Waals surface area (Å²) in [6.45, 7) is 1.98. The summed E-state index contributed by atoms with van der Waals surface area (Å²) in [7, 11) is 0.479. The Morgan fingerprint density at radius 1 is 1.07 bits per heavy atom. The molecule has 72 valence electrons. The third-order valence-electron chi connectivity index (χ3n) is 2.26. The maximum absolute atomic E-state index is 9.87. The van der Waals surface area contributed by atoms with Crippen molar-refractivity contribution in [3.63, 3.8) is 0 Å². The highest BCUT2D eigenvalue weighted by atomic mass is 31.1. The molecule has 2 aromatic carbocycles. The summed E-state index contributed by atoms with van der Waals surface area (Å²) in [5, 5.41) is 21.8. The Hall–Kier alpha value is -1.27. The molecule has 0 aliphatic carbocycles. The van der Waals surface area contributed by atoms with Crippen molar-refractivity contribution >= 4 is 24.7 Å². The molecule has 0 amide bonds. The lowest BCUT2D eigenvalue weighted by Crippen LogP contribution is -1.95. The molecule has 0 spiro atoms. The molecule has 0 saturated carbocycles. The number of phenolic OH excluding ortho intramolecular Hbond substituents is 2. The van der Waals surface area contributed by atoms with E-state index >= 15 is 0 Å². The lowest BCUT2D eigenvalue weighted by molar-refractivity contribution is 0.473. The molecule has 2 N–H and O–H groups in total. The number of hydrogen-bond acceptors (Lipinski definition) is 2. The van der Waals surface area contributed by atoms with Gasteiger partial charge < -0.3 is 10.2 Å². The van der Waals surface area contributed by atoms with E-state index < -0.39 is 0 Å². The molecule has 0 saturated heterocycles. The van der Waals surface area contributed by atoms with Gasteiger partial charge in [0.15, 0.2) is 0 Å². The van der Waals surface area contributed by atoms with Gasteiger partial charge in [-0.1, -0.05) is 32.8 Å². The van der Waals surface area contributed by atoms with E-state index in [2.05, 4.69) is 0 Å². The Balaban J connectivity index is 2.87. The van der Waals surface area contributed by atoms with Crippen LogP contribution in [0.15, 0.2) is 30.3 Å². The molecular weight excluding hydrogens is 195 g/mol. The van der Waals surface area contributed by atoms with Crippen LogP contribution in [0.1, 0.15) is 0 Å². The first-order valence-corrected chi connectivity index (χ1v) is 5.85. The number of phenols is 2. The normalized spacial score (nSPS) is 11.5. The molecular formula is C11H11O2P. The number of rotatable bonds is 1. The van der Waals surface area contributed by atoms with E-state index in [1.807, 2.05) is 24.9 Å². The van der Waals surface area contributed by atoms with Crippen LogP contribution < -0.4 is 5.30 Å². The molecule has 1 atom stereocenters. The van der Waals surface area contributed by atoms with E-state index in [4.69, 9.17) is 0 Å². The summed E-state index contributed by atoms with van der Waals surface area (Å²) in [6, 6.07) is 8.94. The highest BCUT2D eigenvalue weighted by Gasteiger charge is 2.08. The number of fused-ring (bicyclic) bond motifs is 1. The molecule has 0 heterocycles. The van der Waals surface area contributed by atoms with Gasteiger partial charge in [0.2, 0.25) is 0 Å². The van der Waals surface area contributed by atoms with Gasteiger partial charge >= 0.3 is 0 Å². The number of hydrogen-bond donors (Lipinski definition) is 2. The monoisotopic (exact) mass is 206 g/mol. The molecule has 3 heteroatoms. The second-order valence-electron chi connectivity index (χ2n) is 3.09. The lowest BCUT2D eigenvalue weighted by Gasteiger charge is -2.07. The van der Waals surface area contributed by atoms with Gasteiger partial charge in [-0.3, -0.25) is 0 Å². The smallest absolute Gasteiger partial charge is 0.131 e. The Morgan fingerprint density at radius 3 is 2.36 bits per heavy atom. The SMILES string of the molecule is CPc1cc(O)c2ccccc2c1O. The summed E-state index contributed by atoms with van der Waals surface area (Å²) in [6.07, 6.45) is 0. The first kappa shape index (κ1) is 9.29. The lowest BCUT2D eigenvalue weighted by atomic mass is 10.1. The first-order chi connectivity index (χ1) is 6.74. The van der Waals surface area contributed by atoms with Crippen molar-refractivity contribution in [3.05, 3.63) is 30.3 Å². The van der Waals surface area contributed by atoms with Crippen molar-refractivity contribution in [2.45, 2.75) is 0 Å². The summed E-state index contributed by atoms with van der Waals surface area (Å²) < 4.78 is 0. The maximum Gasteiger partial charge on any atom is 0.131 e. The molecule has 2 rings (SSSR count). The van der Waals surface area contributed by atoms with E-state index in [1.54, 1.807) is 12.1 Å². The van der Waals surface area contributed by atoms with Gasteiger partial charge in [-0.2, -0.15) is 0 Å². The number of aromatic hydroxyl groups is 2. The van der Waals surface area contributed by atoms with Gasteiger partial charge in [-0.05, 0) is 12.7 Å². The van der Waals surface area contributed by atoms with Crippen LogP contribution >= 0.6 is 8.58 Å². The highest BCUT2D eigenvalue weighted by Crippen LogP contribution is 2.32. The molecule has 1 unspecified atom stereocenters. The van der Waals surface area contributed by atoms with Gasteiger partial charge in [-0.15, -0.1) is 0 Å². The standard InChI is InChI=1S/C11H11O2P/c1-14-10-6-9(12)7-4-2-3-5-8(7)11(10)13/h2-6,12-14H,1H3. The third kappa shape index (κ3) is 1.32. The molecule has 2 aromatic rings. The molecule has 0 bridgehead atoms. The summed E-state index contributed by atoms with van der Waals surface area (Å²) in [5.74, 6) is 0.530. The predicted molar refractivity (Wildman–Crippen MR) is 61.2 cm³/mol. The van der Waals surface area contributed by atoms with Crippen LogP contribution in [-0.4, -0.2) is 16.9 Å². The second-order valence-corrected chi connectivity index (χ2v) is 4.13. The average Bonchev–Trinajstić information content (AvgIpc) is 2.23. The summed E-state index contributed by atoms with van der Waals surface area (Å²) in [4.78, 5) is 0. The van der Waals surface area contributed by atoms with Crippen LogP contribution in [0.3, 0.4) is 0 Å². The molecule has 0 fully saturated rings. The topological polar surface area (TPSA) is 40.5 Å². The second kappa shape index (κ2) is 3.47. The van der Waals surface area contributed by atoms with E-state index in [1.165, 1.54) is 0 Å². The Morgan fingerprint density at radius 2 is 1.71 bits per heavy atom. The molecule has 2 nitrogen and oxygen atoms in total. The zero-order valence-electron chi connectivity index (χ0n) is 7.78. The fourth-order valence-electron chi connectivity index (χ4n) is 1.53. The minimum absolute atomic E-state index is 0.239. The van der Waals surface area contributed by atoms with Crippen molar-refractivity contribution in [2.75, 3.05) is 6.66 Å². The van der Waals surface area contributed by atoms with E-state index in [-0.39, 0.29) is 5.75 Å².